The van der Waals surface area contributed by atoms with E-state index in [9.17, 15) is 4.79 Å². The van der Waals surface area contributed by atoms with Crippen LogP contribution in [0, 0.1) is 0 Å². The maximum absolute atomic E-state index is 12.5. The first kappa shape index (κ1) is 24.9. The molecule has 30 heavy (non-hydrogen) atoms. The predicted molar refractivity (Wildman–Crippen MR) is 131 cm³/mol. The number of ether oxygens (including phenoxy) is 1. The summed E-state index contributed by atoms with van der Waals surface area (Å²) < 4.78 is 5.55. The van der Waals surface area contributed by atoms with Crippen LogP contribution in [0.15, 0.2) is 29.3 Å². The summed E-state index contributed by atoms with van der Waals surface area (Å²) in [5.74, 6) is 1.08. The average molecular weight is 529 g/mol. The quantitative estimate of drug-likeness (QED) is 0.348. The molecule has 0 radical (unpaired) electrons. The molecule has 3 rings (SSSR count). The van der Waals surface area contributed by atoms with Crippen molar-refractivity contribution in [3.63, 3.8) is 0 Å². The number of hydrogen-bond donors (Lipinski definition) is 1. The van der Waals surface area contributed by atoms with Crippen molar-refractivity contribution in [2.45, 2.75) is 39.0 Å². The van der Waals surface area contributed by atoms with Crippen molar-refractivity contribution in [3.8, 4) is 0 Å². The summed E-state index contributed by atoms with van der Waals surface area (Å²) in [6.07, 6.45) is 1.62. The average Bonchev–Trinajstić information content (AvgIpc) is 3.26. The zero-order valence-corrected chi connectivity index (χ0v) is 20.8. The van der Waals surface area contributed by atoms with E-state index in [1.807, 2.05) is 4.90 Å². The van der Waals surface area contributed by atoms with Gasteiger partial charge in [-0.05, 0) is 45.0 Å². The fraction of sp³-hybridized carbons (Fsp3) is 0.636. The number of piperazine rings is 1. The molecular weight excluding hydrogens is 493 g/mol. The Labute approximate surface area is 197 Å². The fourth-order valence-corrected chi connectivity index (χ4v) is 3.82. The van der Waals surface area contributed by atoms with Gasteiger partial charge in [-0.15, -0.1) is 24.0 Å². The zero-order valence-electron chi connectivity index (χ0n) is 18.5. The molecule has 0 bridgehead atoms. The number of halogens is 1. The number of guanidine groups is 1. The molecule has 1 N–H and O–H groups in total. The lowest BCUT2D eigenvalue weighted by atomic mass is 10.1. The van der Waals surface area contributed by atoms with Crippen molar-refractivity contribution in [2.24, 2.45) is 4.99 Å². The number of carbonyl (C=O) groups excluding carboxylic acids is 1. The second kappa shape index (κ2) is 12.5. The van der Waals surface area contributed by atoms with Crippen LogP contribution in [0.3, 0.4) is 0 Å². The molecule has 2 saturated heterocycles. The number of carbonyl (C=O) groups is 1. The van der Waals surface area contributed by atoms with Crippen LogP contribution in [-0.2, 0) is 22.6 Å². The van der Waals surface area contributed by atoms with E-state index in [0.717, 1.165) is 58.1 Å². The van der Waals surface area contributed by atoms with Crippen LogP contribution in [-0.4, -0.2) is 86.1 Å². The van der Waals surface area contributed by atoms with Crippen molar-refractivity contribution < 1.29 is 9.53 Å². The van der Waals surface area contributed by atoms with Crippen LogP contribution in [0.1, 0.15) is 30.9 Å². The Bertz CT molecular complexity index is 681. The zero-order chi connectivity index (χ0) is 20.6. The van der Waals surface area contributed by atoms with Gasteiger partial charge in [-0.2, -0.15) is 0 Å². The maximum atomic E-state index is 12.5. The van der Waals surface area contributed by atoms with E-state index >= 15 is 0 Å². The molecule has 2 fully saturated rings. The molecule has 2 aliphatic heterocycles. The van der Waals surface area contributed by atoms with E-state index in [0.29, 0.717) is 13.2 Å². The van der Waals surface area contributed by atoms with E-state index < -0.39 is 0 Å². The van der Waals surface area contributed by atoms with Crippen LogP contribution in [0.2, 0.25) is 0 Å². The van der Waals surface area contributed by atoms with Crippen molar-refractivity contribution in [3.05, 3.63) is 35.4 Å². The third-order valence-corrected chi connectivity index (χ3v) is 5.36. The number of benzene rings is 1. The lowest BCUT2D eigenvalue weighted by Gasteiger charge is -2.37. The van der Waals surface area contributed by atoms with Gasteiger partial charge in [-0.1, -0.05) is 24.3 Å². The van der Waals surface area contributed by atoms with Crippen LogP contribution in [0.4, 0.5) is 0 Å². The molecule has 168 valence electrons. The van der Waals surface area contributed by atoms with Crippen molar-refractivity contribution >= 4 is 35.8 Å². The summed E-state index contributed by atoms with van der Waals surface area (Å²) in [7, 11) is 4.16. The maximum Gasteiger partial charge on any atom is 0.251 e. The van der Waals surface area contributed by atoms with Crippen LogP contribution in [0.25, 0.3) is 0 Å². The van der Waals surface area contributed by atoms with Gasteiger partial charge < -0.3 is 24.8 Å². The second-order valence-corrected chi connectivity index (χ2v) is 8.04. The normalized spacial score (nSPS) is 19.7. The largest absolute Gasteiger partial charge is 0.368 e. The van der Waals surface area contributed by atoms with Gasteiger partial charge in [0.1, 0.15) is 6.10 Å². The first-order valence-electron chi connectivity index (χ1n) is 10.7. The van der Waals surface area contributed by atoms with Crippen LogP contribution < -0.4 is 5.32 Å². The first-order valence-corrected chi connectivity index (χ1v) is 10.7. The third-order valence-electron chi connectivity index (χ3n) is 5.36. The lowest BCUT2D eigenvalue weighted by molar-refractivity contribution is -0.142. The molecular formula is C22H36IN5O2. The molecule has 2 heterocycles. The highest BCUT2D eigenvalue weighted by Crippen LogP contribution is 2.16. The molecule has 1 aromatic carbocycles. The molecule has 1 amide bonds. The van der Waals surface area contributed by atoms with E-state index in [1.165, 1.54) is 11.1 Å². The SMILES string of the molecule is CCNC(=NCc1ccc(CN(C)C)cc1)N1CCN(C(=O)C2CCCO2)CC1.I. The predicted octanol–water partition coefficient (Wildman–Crippen LogP) is 2.15. The molecule has 0 aromatic heterocycles. The number of hydrogen-bond acceptors (Lipinski definition) is 4. The first-order chi connectivity index (χ1) is 14.1. The Morgan fingerprint density at radius 1 is 1.13 bits per heavy atom. The van der Waals surface area contributed by atoms with Gasteiger partial charge in [0.25, 0.3) is 5.91 Å². The Morgan fingerprint density at radius 3 is 2.33 bits per heavy atom. The molecule has 1 atom stereocenters. The Kier molecular flexibility index (Phi) is 10.3. The van der Waals surface area contributed by atoms with Gasteiger partial charge in [-0.25, -0.2) is 4.99 Å². The van der Waals surface area contributed by atoms with E-state index in [-0.39, 0.29) is 36.0 Å². The van der Waals surface area contributed by atoms with Gasteiger partial charge in [-0.3, -0.25) is 4.79 Å². The summed E-state index contributed by atoms with van der Waals surface area (Å²) >= 11 is 0. The van der Waals surface area contributed by atoms with E-state index in [4.69, 9.17) is 9.73 Å². The van der Waals surface area contributed by atoms with Gasteiger partial charge in [0.05, 0.1) is 6.54 Å². The fourth-order valence-electron chi connectivity index (χ4n) is 3.82. The third kappa shape index (κ3) is 7.09. The van der Waals surface area contributed by atoms with Crippen molar-refractivity contribution in [1.82, 2.24) is 20.0 Å². The number of nitrogens with one attached hydrogen (secondary N) is 1. The van der Waals surface area contributed by atoms with Crippen LogP contribution >= 0.6 is 24.0 Å². The number of nitrogens with zero attached hydrogens (tertiary/aromatic N) is 4. The topological polar surface area (TPSA) is 60.4 Å². The molecule has 8 heteroatoms. The minimum absolute atomic E-state index is 0. The summed E-state index contributed by atoms with van der Waals surface area (Å²) in [6.45, 7) is 8.27. The monoisotopic (exact) mass is 529 g/mol. The number of aliphatic imine (C=N–C) groups is 1. The summed E-state index contributed by atoms with van der Waals surface area (Å²) in [4.78, 5) is 23.7. The smallest absolute Gasteiger partial charge is 0.251 e. The molecule has 1 unspecified atom stereocenters. The summed E-state index contributed by atoms with van der Waals surface area (Å²) in [5.41, 5.74) is 2.51. The summed E-state index contributed by atoms with van der Waals surface area (Å²) in [5, 5.41) is 3.40. The minimum Gasteiger partial charge on any atom is -0.368 e. The molecule has 0 aliphatic carbocycles. The number of amides is 1. The van der Waals surface area contributed by atoms with Gasteiger partial charge in [0.2, 0.25) is 0 Å². The van der Waals surface area contributed by atoms with Crippen molar-refractivity contribution in [1.29, 1.82) is 0 Å². The van der Waals surface area contributed by atoms with Crippen LogP contribution in [0.5, 0.6) is 0 Å². The highest BCUT2D eigenvalue weighted by atomic mass is 127. The highest BCUT2D eigenvalue weighted by molar-refractivity contribution is 14.0. The van der Waals surface area contributed by atoms with Gasteiger partial charge in [0.15, 0.2) is 5.96 Å². The second-order valence-electron chi connectivity index (χ2n) is 8.04. The van der Waals surface area contributed by atoms with Gasteiger partial charge in [0, 0.05) is 45.9 Å². The molecule has 0 saturated carbocycles. The number of rotatable bonds is 6. The Balaban J connectivity index is 0.00000320. The van der Waals surface area contributed by atoms with E-state index in [1.54, 1.807) is 0 Å². The Morgan fingerprint density at radius 2 is 1.77 bits per heavy atom. The van der Waals surface area contributed by atoms with E-state index in [2.05, 4.69) is 60.4 Å². The molecule has 2 aliphatic rings. The minimum atomic E-state index is -0.223. The highest BCUT2D eigenvalue weighted by Gasteiger charge is 2.30. The Hall–Kier alpha value is -1.39. The molecule has 1 aromatic rings. The standard InChI is InChI=1S/C22H35N5O2.HI/c1-4-23-22(24-16-18-7-9-19(10-8-18)17-25(2)3)27-13-11-26(12-14-27)21(28)20-6-5-15-29-20;/h7-10,20H,4-6,11-17H2,1-3H3,(H,23,24);1H. The van der Waals surface area contributed by atoms with Crippen molar-refractivity contribution in [2.75, 3.05) is 53.4 Å². The molecule has 0 spiro atoms. The molecule has 7 nitrogen and oxygen atoms in total. The lowest BCUT2D eigenvalue weighted by Crippen LogP contribution is -2.55. The van der Waals surface area contributed by atoms with Gasteiger partial charge >= 0.3 is 0 Å². The summed E-state index contributed by atoms with van der Waals surface area (Å²) in [6, 6.07) is 8.66.